The van der Waals surface area contributed by atoms with Gasteiger partial charge in [0.15, 0.2) is 11.2 Å². The van der Waals surface area contributed by atoms with Gasteiger partial charge in [-0.25, -0.2) is 4.98 Å². The molecule has 2 heterocycles. The molecule has 0 saturated heterocycles. The molecule has 8 heteroatoms. The molecule has 5 N–H and O–H groups in total. The number of nitrogens with two attached hydrogens (primary N) is 1. The van der Waals surface area contributed by atoms with Crippen molar-refractivity contribution in [2.75, 3.05) is 5.73 Å². The SMILES string of the molecule is Nc1nc2nc(-c3cc(Cl)ccc3O)[nH]c2c(=O)[nH]1. The highest BCUT2D eigenvalue weighted by atomic mass is 35.5. The molecule has 0 aliphatic heterocycles. The molecule has 2 aromatic heterocycles. The van der Waals surface area contributed by atoms with Crippen LogP contribution in [0.1, 0.15) is 0 Å². The van der Waals surface area contributed by atoms with E-state index in [1.807, 2.05) is 0 Å². The van der Waals surface area contributed by atoms with Gasteiger partial charge < -0.3 is 15.8 Å². The summed E-state index contributed by atoms with van der Waals surface area (Å²) in [5.41, 5.74) is 5.75. The molecule has 1 aromatic carbocycles. The van der Waals surface area contributed by atoms with Crippen LogP contribution in [0.2, 0.25) is 5.02 Å². The van der Waals surface area contributed by atoms with E-state index < -0.39 is 5.56 Å². The topological polar surface area (TPSA) is 121 Å². The Hall–Kier alpha value is -2.54. The Kier molecular flexibility index (Phi) is 2.42. The minimum Gasteiger partial charge on any atom is -0.507 e. The fourth-order valence-electron chi connectivity index (χ4n) is 1.75. The van der Waals surface area contributed by atoms with Crippen LogP contribution in [0.25, 0.3) is 22.6 Å². The molecule has 0 saturated carbocycles. The summed E-state index contributed by atoms with van der Waals surface area (Å²) >= 11 is 5.87. The smallest absolute Gasteiger partial charge is 0.278 e. The van der Waals surface area contributed by atoms with Crippen LogP contribution in [0.3, 0.4) is 0 Å². The highest BCUT2D eigenvalue weighted by Gasteiger charge is 2.13. The maximum Gasteiger partial charge on any atom is 0.278 e. The fourth-order valence-corrected chi connectivity index (χ4v) is 1.92. The lowest BCUT2D eigenvalue weighted by Crippen LogP contribution is -2.10. The van der Waals surface area contributed by atoms with Crippen LogP contribution in [0.4, 0.5) is 5.95 Å². The Morgan fingerprint density at radius 1 is 1.26 bits per heavy atom. The average Bonchev–Trinajstić information content (AvgIpc) is 2.76. The van der Waals surface area contributed by atoms with Gasteiger partial charge in [0.2, 0.25) is 5.95 Å². The zero-order valence-corrected chi connectivity index (χ0v) is 10.2. The van der Waals surface area contributed by atoms with E-state index >= 15 is 0 Å². The molecule has 0 atom stereocenters. The number of aromatic hydroxyl groups is 1. The number of phenolic OH excluding ortho intramolecular Hbond substituents is 1. The van der Waals surface area contributed by atoms with E-state index in [1.165, 1.54) is 12.1 Å². The van der Waals surface area contributed by atoms with Crippen LogP contribution in [-0.4, -0.2) is 25.0 Å². The van der Waals surface area contributed by atoms with E-state index in [0.717, 1.165) is 0 Å². The van der Waals surface area contributed by atoms with E-state index in [-0.39, 0.29) is 22.9 Å². The normalized spacial score (nSPS) is 11.0. The van der Waals surface area contributed by atoms with E-state index in [4.69, 9.17) is 17.3 Å². The summed E-state index contributed by atoms with van der Waals surface area (Å²) in [5.74, 6) is 0.261. The molecular weight excluding hydrogens is 270 g/mol. The molecule has 3 aromatic rings. The predicted octanol–water partition coefficient (Wildman–Crippen LogP) is 1.25. The van der Waals surface area contributed by atoms with E-state index in [1.54, 1.807) is 6.07 Å². The Morgan fingerprint density at radius 2 is 2.05 bits per heavy atom. The summed E-state index contributed by atoms with van der Waals surface area (Å²) in [6.45, 7) is 0. The van der Waals surface area contributed by atoms with Gasteiger partial charge in [0.05, 0.1) is 5.56 Å². The van der Waals surface area contributed by atoms with Crippen molar-refractivity contribution in [2.24, 2.45) is 0 Å². The molecule has 0 amide bonds. The first-order chi connectivity index (χ1) is 9.04. The molecule has 19 heavy (non-hydrogen) atoms. The third-order valence-electron chi connectivity index (χ3n) is 2.59. The summed E-state index contributed by atoms with van der Waals surface area (Å²) in [7, 11) is 0. The Balaban J connectivity index is 2.29. The first-order valence-electron chi connectivity index (χ1n) is 5.29. The Bertz CT molecular complexity index is 839. The molecule has 0 unspecified atom stereocenters. The number of halogens is 1. The van der Waals surface area contributed by atoms with Crippen LogP contribution in [0.5, 0.6) is 5.75 Å². The van der Waals surface area contributed by atoms with Crippen molar-refractivity contribution >= 4 is 28.7 Å². The Labute approximate surface area is 111 Å². The van der Waals surface area contributed by atoms with E-state index in [2.05, 4.69) is 19.9 Å². The summed E-state index contributed by atoms with van der Waals surface area (Å²) < 4.78 is 0. The van der Waals surface area contributed by atoms with Crippen molar-refractivity contribution in [1.82, 2.24) is 19.9 Å². The summed E-state index contributed by atoms with van der Waals surface area (Å²) in [5, 5.41) is 10.2. The molecule has 0 radical (unpaired) electrons. The number of rotatable bonds is 1. The number of nitrogen functional groups attached to an aromatic ring is 1. The van der Waals surface area contributed by atoms with Crippen LogP contribution < -0.4 is 11.3 Å². The number of anilines is 1. The van der Waals surface area contributed by atoms with Crippen LogP contribution in [0, 0.1) is 0 Å². The van der Waals surface area contributed by atoms with Crippen molar-refractivity contribution in [3.63, 3.8) is 0 Å². The highest BCUT2D eigenvalue weighted by molar-refractivity contribution is 6.30. The van der Waals surface area contributed by atoms with Gasteiger partial charge in [0.1, 0.15) is 11.6 Å². The molecule has 3 rings (SSSR count). The van der Waals surface area contributed by atoms with Crippen molar-refractivity contribution in [1.29, 1.82) is 0 Å². The lowest BCUT2D eigenvalue weighted by atomic mass is 10.2. The van der Waals surface area contributed by atoms with E-state index in [0.29, 0.717) is 16.4 Å². The number of hydrogen-bond acceptors (Lipinski definition) is 5. The molecule has 0 spiro atoms. The number of nitrogens with zero attached hydrogens (tertiary/aromatic N) is 2. The van der Waals surface area contributed by atoms with Crippen LogP contribution in [0.15, 0.2) is 23.0 Å². The molecule has 0 fully saturated rings. The molecule has 0 aliphatic rings. The zero-order chi connectivity index (χ0) is 13.6. The summed E-state index contributed by atoms with van der Waals surface area (Å²) in [6, 6.07) is 4.52. The van der Waals surface area contributed by atoms with Crippen molar-refractivity contribution < 1.29 is 5.11 Å². The zero-order valence-electron chi connectivity index (χ0n) is 9.44. The van der Waals surface area contributed by atoms with Crippen LogP contribution in [-0.2, 0) is 0 Å². The number of nitrogens with one attached hydrogen (secondary N) is 2. The highest BCUT2D eigenvalue weighted by Crippen LogP contribution is 2.30. The van der Waals surface area contributed by atoms with Gasteiger partial charge in [-0.1, -0.05) is 11.6 Å². The number of aromatic nitrogens is 4. The lowest BCUT2D eigenvalue weighted by Gasteiger charge is -2.00. The first kappa shape index (κ1) is 11.5. The van der Waals surface area contributed by atoms with Gasteiger partial charge in [-0.2, -0.15) is 4.98 Å². The van der Waals surface area contributed by atoms with Gasteiger partial charge in [0.25, 0.3) is 5.56 Å². The number of hydrogen-bond donors (Lipinski definition) is 4. The van der Waals surface area contributed by atoms with Gasteiger partial charge in [0, 0.05) is 5.02 Å². The first-order valence-corrected chi connectivity index (χ1v) is 5.67. The monoisotopic (exact) mass is 277 g/mol. The quantitative estimate of drug-likeness (QED) is 0.533. The Morgan fingerprint density at radius 3 is 2.84 bits per heavy atom. The standard InChI is InChI=1S/C11H8ClN5O2/c12-4-1-2-6(18)5(3-4)8-14-7-9(15-8)16-11(13)17-10(7)19/h1-3,18H,(H4,13,14,15,16,17,19). The molecule has 7 nitrogen and oxygen atoms in total. The van der Waals surface area contributed by atoms with Crippen LogP contribution >= 0.6 is 11.6 Å². The van der Waals surface area contributed by atoms with Gasteiger partial charge in [-0.3, -0.25) is 9.78 Å². The third-order valence-corrected chi connectivity index (χ3v) is 2.83. The lowest BCUT2D eigenvalue weighted by molar-refractivity contribution is 0.477. The number of H-pyrrole nitrogens is 2. The number of phenols is 1. The van der Waals surface area contributed by atoms with Gasteiger partial charge >= 0.3 is 0 Å². The van der Waals surface area contributed by atoms with Gasteiger partial charge in [-0.05, 0) is 18.2 Å². The predicted molar refractivity (Wildman–Crippen MR) is 71.0 cm³/mol. The summed E-state index contributed by atoms with van der Waals surface area (Å²) in [4.78, 5) is 24.8. The van der Waals surface area contributed by atoms with Crippen molar-refractivity contribution in [3.05, 3.63) is 33.6 Å². The second kappa shape index (κ2) is 3.99. The molecule has 0 bridgehead atoms. The second-order valence-electron chi connectivity index (χ2n) is 3.90. The minimum atomic E-state index is -0.428. The number of benzene rings is 1. The fraction of sp³-hybridized carbons (Fsp3) is 0. The van der Waals surface area contributed by atoms with E-state index in [9.17, 15) is 9.90 Å². The maximum atomic E-state index is 11.7. The minimum absolute atomic E-state index is 0.00661. The third kappa shape index (κ3) is 1.89. The summed E-state index contributed by atoms with van der Waals surface area (Å²) in [6.07, 6.45) is 0. The molecular formula is C11H8ClN5O2. The van der Waals surface area contributed by atoms with Crippen molar-refractivity contribution in [2.45, 2.75) is 0 Å². The number of aromatic amines is 2. The van der Waals surface area contributed by atoms with Crippen molar-refractivity contribution in [3.8, 4) is 17.1 Å². The largest absolute Gasteiger partial charge is 0.507 e. The average molecular weight is 278 g/mol. The second-order valence-corrected chi connectivity index (χ2v) is 4.33. The number of fused-ring (bicyclic) bond motifs is 1. The number of imidazole rings is 1. The van der Waals surface area contributed by atoms with Gasteiger partial charge in [-0.15, -0.1) is 0 Å². The molecule has 96 valence electrons. The maximum absolute atomic E-state index is 11.7. The molecule has 0 aliphatic carbocycles.